The van der Waals surface area contributed by atoms with Crippen LogP contribution in [0.5, 0.6) is 5.75 Å². The number of nitrogens with two attached hydrogens (primary N) is 1. The van der Waals surface area contributed by atoms with Gasteiger partial charge >= 0.3 is 5.69 Å². The Morgan fingerprint density at radius 2 is 2.00 bits per heavy atom. The maximum atomic E-state index is 12.9. The third kappa shape index (κ3) is 5.91. The van der Waals surface area contributed by atoms with Crippen LogP contribution in [0, 0.1) is 15.9 Å². The molecule has 0 amide bonds. The Balaban J connectivity index is 2.41. The molecule has 0 spiro atoms. The van der Waals surface area contributed by atoms with Gasteiger partial charge in [-0.2, -0.15) is 0 Å². The summed E-state index contributed by atoms with van der Waals surface area (Å²) in [5.41, 5.74) is -0.491. The van der Waals surface area contributed by atoms with Gasteiger partial charge in [0.1, 0.15) is 12.4 Å². The zero-order chi connectivity index (χ0) is 15.2. The average molecular weight is 308 g/mol. The summed E-state index contributed by atoms with van der Waals surface area (Å²) in [6.45, 7) is -0.130. The molecule has 2 N–H and O–H groups in total. The van der Waals surface area contributed by atoms with E-state index in [4.69, 9.17) is 14.6 Å². The van der Waals surface area contributed by atoms with Gasteiger partial charge in [0.05, 0.1) is 30.0 Å². The molecule has 0 saturated heterocycles. The fourth-order valence-corrected chi connectivity index (χ4v) is 1.59. The molecule has 8 nitrogen and oxygen atoms in total. The number of hydrogen-bond acceptors (Lipinski definition) is 6. The SMILES string of the molecule is NS(=O)(=O)CCOCCOc1ccc(F)cc1[N+](=O)[O-]. The van der Waals surface area contributed by atoms with Gasteiger partial charge in [0.15, 0.2) is 5.75 Å². The lowest BCUT2D eigenvalue weighted by Crippen LogP contribution is -2.21. The van der Waals surface area contributed by atoms with Crippen LogP contribution in [0.2, 0.25) is 0 Å². The highest BCUT2D eigenvalue weighted by Gasteiger charge is 2.16. The van der Waals surface area contributed by atoms with Crippen molar-refractivity contribution in [2.45, 2.75) is 0 Å². The lowest BCUT2D eigenvalue weighted by molar-refractivity contribution is -0.386. The summed E-state index contributed by atoms with van der Waals surface area (Å²) in [4.78, 5) is 9.90. The molecule has 0 aromatic heterocycles. The van der Waals surface area contributed by atoms with Crippen LogP contribution >= 0.6 is 0 Å². The highest BCUT2D eigenvalue weighted by Crippen LogP contribution is 2.27. The van der Waals surface area contributed by atoms with Crippen LogP contribution in [0.25, 0.3) is 0 Å². The summed E-state index contributed by atoms with van der Waals surface area (Å²) in [5, 5.41) is 15.4. The molecule has 0 saturated carbocycles. The third-order valence-corrected chi connectivity index (χ3v) is 2.85. The van der Waals surface area contributed by atoms with Gasteiger partial charge in [0.2, 0.25) is 10.0 Å². The molecule has 0 aliphatic heterocycles. The van der Waals surface area contributed by atoms with Crippen LogP contribution in [0.4, 0.5) is 10.1 Å². The molecule has 112 valence electrons. The summed E-state index contributed by atoms with van der Waals surface area (Å²) < 4.78 is 44.0. The number of ether oxygens (including phenoxy) is 2. The van der Waals surface area contributed by atoms with Crippen molar-refractivity contribution >= 4 is 15.7 Å². The Morgan fingerprint density at radius 1 is 1.30 bits per heavy atom. The lowest BCUT2D eigenvalue weighted by atomic mass is 10.3. The lowest BCUT2D eigenvalue weighted by Gasteiger charge is -2.07. The fourth-order valence-electron chi connectivity index (χ4n) is 1.24. The van der Waals surface area contributed by atoms with E-state index in [1.165, 1.54) is 0 Å². The molecule has 1 aromatic rings. The van der Waals surface area contributed by atoms with E-state index < -0.39 is 26.5 Å². The van der Waals surface area contributed by atoms with Gasteiger partial charge in [-0.3, -0.25) is 10.1 Å². The minimum Gasteiger partial charge on any atom is -0.484 e. The molecule has 0 bridgehead atoms. The van der Waals surface area contributed by atoms with Crippen molar-refractivity contribution in [2.75, 3.05) is 25.6 Å². The van der Waals surface area contributed by atoms with Gasteiger partial charge < -0.3 is 9.47 Å². The smallest absolute Gasteiger partial charge is 0.313 e. The zero-order valence-corrected chi connectivity index (χ0v) is 11.1. The summed E-state index contributed by atoms with van der Waals surface area (Å²) in [6.07, 6.45) is 0. The molecular weight excluding hydrogens is 295 g/mol. The number of nitrogens with zero attached hydrogens (tertiary/aromatic N) is 1. The Hall–Kier alpha value is -1.78. The van der Waals surface area contributed by atoms with Crippen molar-refractivity contribution in [3.8, 4) is 5.75 Å². The average Bonchev–Trinajstić information content (AvgIpc) is 2.33. The van der Waals surface area contributed by atoms with Crippen LogP contribution in [-0.4, -0.2) is 38.9 Å². The molecule has 0 radical (unpaired) electrons. The molecular formula is C10H13FN2O6S. The standard InChI is InChI=1S/C10H13FN2O6S/c11-8-1-2-10(9(7-8)13(14)15)19-4-3-18-5-6-20(12,16)17/h1-2,7H,3-6H2,(H2,12,16,17). The second-order valence-corrected chi connectivity index (χ2v) is 5.43. The maximum Gasteiger partial charge on any atom is 0.313 e. The van der Waals surface area contributed by atoms with Gasteiger partial charge in [-0.15, -0.1) is 0 Å². The van der Waals surface area contributed by atoms with E-state index >= 15 is 0 Å². The van der Waals surface area contributed by atoms with Crippen LogP contribution in [0.3, 0.4) is 0 Å². The molecule has 1 aromatic carbocycles. The van der Waals surface area contributed by atoms with Crippen LogP contribution < -0.4 is 9.88 Å². The van der Waals surface area contributed by atoms with E-state index in [1.807, 2.05) is 0 Å². The first-order chi connectivity index (χ1) is 9.29. The number of halogens is 1. The van der Waals surface area contributed by atoms with Gasteiger partial charge in [0, 0.05) is 0 Å². The van der Waals surface area contributed by atoms with Crippen molar-refractivity contribution < 1.29 is 27.2 Å². The predicted octanol–water partition coefficient (Wildman–Crippen LogP) is 0.418. The number of nitro groups is 1. The second kappa shape index (κ2) is 7.12. The maximum absolute atomic E-state index is 12.9. The minimum atomic E-state index is -3.58. The molecule has 0 fully saturated rings. The van der Waals surface area contributed by atoms with E-state index in [9.17, 15) is 22.9 Å². The molecule has 0 unspecified atom stereocenters. The van der Waals surface area contributed by atoms with Gasteiger partial charge in [-0.25, -0.2) is 17.9 Å². The molecule has 10 heteroatoms. The molecule has 0 aliphatic rings. The van der Waals surface area contributed by atoms with Gasteiger partial charge in [0.25, 0.3) is 0 Å². The summed E-state index contributed by atoms with van der Waals surface area (Å²) in [7, 11) is -3.58. The Bertz CT molecular complexity index is 577. The van der Waals surface area contributed by atoms with E-state index in [1.54, 1.807) is 0 Å². The molecule has 20 heavy (non-hydrogen) atoms. The number of hydrogen-bond donors (Lipinski definition) is 1. The van der Waals surface area contributed by atoms with Crippen LogP contribution in [-0.2, 0) is 14.8 Å². The highest BCUT2D eigenvalue weighted by atomic mass is 32.2. The number of nitro benzene ring substituents is 1. The molecule has 0 aliphatic carbocycles. The third-order valence-electron chi connectivity index (χ3n) is 2.12. The van der Waals surface area contributed by atoms with E-state index in [0.717, 1.165) is 18.2 Å². The van der Waals surface area contributed by atoms with Crippen LogP contribution in [0.15, 0.2) is 18.2 Å². The van der Waals surface area contributed by atoms with Crippen LogP contribution in [0.1, 0.15) is 0 Å². The van der Waals surface area contributed by atoms with Gasteiger partial charge in [-0.05, 0) is 12.1 Å². The minimum absolute atomic E-state index is 0.0179. The largest absolute Gasteiger partial charge is 0.484 e. The Morgan fingerprint density at radius 3 is 2.60 bits per heavy atom. The Labute approximate surface area is 114 Å². The Kier molecular flexibility index (Phi) is 5.80. The zero-order valence-electron chi connectivity index (χ0n) is 10.3. The summed E-state index contributed by atoms with van der Waals surface area (Å²) in [6, 6.07) is 2.92. The second-order valence-electron chi connectivity index (χ2n) is 3.70. The highest BCUT2D eigenvalue weighted by molar-refractivity contribution is 7.89. The first-order valence-electron chi connectivity index (χ1n) is 5.44. The molecule has 1 rings (SSSR count). The predicted molar refractivity (Wildman–Crippen MR) is 67.3 cm³/mol. The molecule has 0 atom stereocenters. The van der Waals surface area contributed by atoms with Crippen molar-refractivity contribution in [1.82, 2.24) is 0 Å². The van der Waals surface area contributed by atoms with Gasteiger partial charge in [-0.1, -0.05) is 0 Å². The van der Waals surface area contributed by atoms with Crippen molar-refractivity contribution in [2.24, 2.45) is 5.14 Å². The normalized spacial score (nSPS) is 11.3. The van der Waals surface area contributed by atoms with E-state index in [-0.39, 0.29) is 31.3 Å². The first kappa shape index (κ1) is 16.3. The number of benzene rings is 1. The monoisotopic (exact) mass is 308 g/mol. The number of primary sulfonamides is 1. The first-order valence-corrected chi connectivity index (χ1v) is 7.16. The van der Waals surface area contributed by atoms with Crippen molar-refractivity contribution in [1.29, 1.82) is 0 Å². The molecule has 0 heterocycles. The van der Waals surface area contributed by atoms with E-state index in [2.05, 4.69) is 0 Å². The van der Waals surface area contributed by atoms with Crippen molar-refractivity contribution in [3.63, 3.8) is 0 Å². The number of sulfonamides is 1. The fraction of sp³-hybridized carbons (Fsp3) is 0.400. The number of rotatable bonds is 8. The summed E-state index contributed by atoms with van der Waals surface area (Å²) >= 11 is 0. The quantitative estimate of drug-likeness (QED) is 0.422. The topological polar surface area (TPSA) is 122 Å². The summed E-state index contributed by atoms with van der Waals surface area (Å²) in [5.74, 6) is -1.16. The van der Waals surface area contributed by atoms with E-state index in [0.29, 0.717) is 0 Å². The van der Waals surface area contributed by atoms with Crippen molar-refractivity contribution in [3.05, 3.63) is 34.1 Å².